The van der Waals surface area contributed by atoms with Crippen LogP contribution in [0.25, 0.3) is 28.3 Å². The Labute approximate surface area is 155 Å². The molecule has 0 saturated heterocycles. The van der Waals surface area contributed by atoms with Crippen molar-refractivity contribution >= 4 is 29.0 Å². The van der Waals surface area contributed by atoms with Crippen LogP contribution in [-0.2, 0) is 7.05 Å². The zero-order valence-corrected chi connectivity index (χ0v) is 15.2. The smallest absolute Gasteiger partial charge is 0.214 e. The largest absolute Gasteiger partial charge is 0.497 e. The highest BCUT2D eigenvalue weighted by molar-refractivity contribution is 6.42. The summed E-state index contributed by atoms with van der Waals surface area (Å²) >= 11 is 12.1. The van der Waals surface area contributed by atoms with Crippen LogP contribution in [0.15, 0.2) is 54.9 Å². The molecule has 0 unspecified atom stereocenters. The Hall–Kier alpha value is -2.43. The number of aromatic nitrogens is 3. The van der Waals surface area contributed by atoms with E-state index >= 15 is 0 Å². The summed E-state index contributed by atoms with van der Waals surface area (Å²) in [4.78, 5) is 4.73. The van der Waals surface area contributed by atoms with Crippen LogP contribution in [0.5, 0.6) is 5.75 Å². The number of aryl methyl sites for hydroxylation is 1. The normalized spacial score (nSPS) is 11.2. The van der Waals surface area contributed by atoms with Gasteiger partial charge in [-0.25, -0.2) is 4.98 Å². The lowest BCUT2D eigenvalue weighted by Gasteiger charge is -2.05. The molecule has 0 aliphatic rings. The maximum absolute atomic E-state index is 6.12. The third-order valence-electron chi connectivity index (χ3n) is 4.22. The van der Waals surface area contributed by atoms with Gasteiger partial charge in [-0.15, -0.1) is 0 Å². The molecule has 2 aromatic carbocycles. The van der Waals surface area contributed by atoms with Crippen molar-refractivity contribution in [2.45, 2.75) is 0 Å². The number of hydrogen-bond acceptors (Lipinski definition) is 2. The molecule has 0 N–H and O–H groups in total. The average molecular weight is 372 g/mol. The molecule has 4 aromatic rings. The van der Waals surface area contributed by atoms with E-state index in [0.717, 1.165) is 34.0 Å². The quantitative estimate of drug-likeness (QED) is 0.487. The molecule has 25 heavy (non-hydrogen) atoms. The first-order chi connectivity index (χ1) is 12.1. The topological polar surface area (TPSA) is 31.5 Å². The van der Waals surface area contributed by atoms with Gasteiger partial charge in [0.1, 0.15) is 5.75 Å². The maximum Gasteiger partial charge on any atom is 0.214 e. The van der Waals surface area contributed by atoms with Gasteiger partial charge in [0.25, 0.3) is 0 Å². The summed E-state index contributed by atoms with van der Waals surface area (Å²) in [6.45, 7) is 0. The van der Waals surface area contributed by atoms with E-state index < -0.39 is 0 Å². The molecule has 126 valence electrons. The van der Waals surface area contributed by atoms with Crippen LogP contribution in [0.3, 0.4) is 0 Å². The summed E-state index contributed by atoms with van der Waals surface area (Å²) < 4.78 is 9.37. The fourth-order valence-electron chi connectivity index (χ4n) is 2.90. The number of ether oxygens (including phenoxy) is 1. The van der Waals surface area contributed by atoms with Crippen molar-refractivity contribution in [3.8, 4) is 28.3 Å². The van der Waals surface area contributed by atoms with Crippen molar-refractivity contribution in [2.75, 3.05) is 7.11 Å². The van der Waals surface area contributed by atoms with Gasteiger partial charge in [0, 0.05) is 30.6 Å². The molecule has 4 nitrogen and oxygen atoms in total. The SMILES string of the molecule is COc1cccc(-c2cn3cc(-c4ccc(Cl)c(Cl)c4)nc3n2C)c1. The van der Waals surface area contributed by atoms with Crippen molar-refractivity contribution in [1.29, 1.82) is 0 Å². The standard InChI is InChI=1S/C19H15Cl2N3O/c1-23-18(13-4-3-5-14(8-13)25-2)11-24-10-17(22-19(23)24)12-6-7-15(20)16(21)9-12/h3-11H,1-2H3. The molecule has 0 aliphatic heterocycles. The number of nitrogens with zero attached hydrogens (tertiary/aromatic N) is 3. The second kappa shape index (κ2) is 6.14. The van der Waals surface area contributed by atoms with E-state index in [2.05, 4.69) is 16.8 Å². The first kappa shape index (κ1) is 16.1. The van der Waals surface area contributed by atoms with Crippen molar-refractivity contribution in [3.63, 3.8) is 0 Å². The Bertz CT molecular complexity index is 1080. The Morgan fingerprint density at radius 3 is 2.52 bits per heavy atom. The van der Waals surface area contributed by atoms with Crippen LogP contribution in [0.2, 0.25) is 10.0 Å². The van der Waals surface area contributed by atoms with Crippen LogP contribution in [-0.4, -0.2) is 21.1 Å². The van der Waals surface area contributed by atoms with E-state index in [1.807, 2.05) is 48.0 Å². The van der Waals surface area contributed by atoms with Gasteiger partial charge in [-0.1, -0.05) is 41.4 Å². The zero-order valence-electron chi connectivity index (χ0n) is 13.7. The Morgan fingerprint density at radius 2 is 1.80 bits per heavy atom. The van der Waals surface area contributed by atoms with Crippen LogP contribution < -0.4 is 4.74 Å². The molecule has 2 heterocycles. The van der Waals surface area contributed by atoms with E-state index in [4.69, 9.17) is 32.9 Å². The molecule has 0 saturated carbocycles. The van der Waals surface area contributed by atoms with E-state index in [-0.39, 0.29) is 0 Å². The van der Waals surface area contributed by atoms with E-state index in [0.29, 0.717) is 10.0 Å². The van der Waals surface area contributed by atoms with E-state index in [1.165, 1.54) is 0 Å². The fourth-order valence-corrected chi connectivity index (χ4v) is 3.20. The van der Waals surface area contributed by atoms with E-state index in [1.54, 1.807) is 13.2 Å². The van der Waals surface area contributed by atoms with Crippen molar-refractivity contribution in [1.82, 2.24) is 14.0 Å². The molecule has 0 aliphatic carbocycles. The predicted octanol–water partition coefficient (Wildman–Crippen LogP) is 5.32. The van der Waals surface area contributed by atoms with Gasteiger partial charge in [0.2, 0.25) is 5.78 Å². The highest BCUT2D eigenvalue weighted by Gasteiger charge is 2.13. The zero-order chi connectivity index (χ0) is 17.6. The summed E-state index contributed by atoms with van der Waals surface area (Å²) in [5, 5.41) is 1.06. The van der Waals surface area contributed by atoms with Gasteiger partial charge in [0.15, 0.2) is 0 Å². The number of fused-ring (bicyclic) bond motifs is 1. The summed E-state index contributed by atoms with van der Waals surface area (Å²) in [6, 6.07) is 13.5. The fraction of sp³-hybridized carbons (Fsp3) is 0.105. The first-order valence-electron chi connectivity index (χ1n) is 7.71. The second-order valence-electron chi connectivity index (χ2n) is 5.77. The molecule has 0 amide bonds. The molecule has 6 heteroatoms. The van der Waals surface area contributed by atoms with Gasteiger partial charge >= 0.3 is 0 Å². The highest BCUT2D eigenvalue weighted by atomic mass is 35.5. The van der Waals surface area contributed by atoms with Crippen LogP contribution in [0.1, 0.15) is 0 Å². The Morgan fingerprint density at radius 1 is 0.960 bits per heavy atom. The minimum atomic E-state index is 0.522. The molecule has 0 radical (unpaired) electrons. The van der Waals surface area contributed by atoms with Gasteiger partial charge < -0.3 is 9.30 Å². The van der Waals surface area contributed by atoms with E-state index in [9.17, 15) is 0 Å². The van der Waals surface area contributed by atoms with Crippen molar-refractivity contribution in [3.05, 3.63) is 64.9 Å². The number of rotatable bonds is 3. The number of benzene rings is 2. The summed E-state index contributed by atoms with van der Waals surface area (Å²) in [6.07, 6.45) is 4.04. The minimum Gasteiger partial charge on any atom is -0.497 e. The average Bonchev–Trinajstić information content (AvgIpc) is 3.17. The maximum atomic E-state index is 6.12. The molecule has 4 rings (SSSR count). The summed E-state index contributed by atoms with van der Waals surface area (Å²) in [5.74, 6) is 1.67. The molecule has 0 spiro atoms. The van der Waals surface area contributed by atoms with Gasteiger partial charge in [-0.2, -0.15) is 0 Å². The Kier molecular flexibility index (Phi) is 3.94. The Balaban J connectivity index is 1.79. The van der Waals surface area contributed by atoms with Gasteiger partial charge in [0.05, 0.1) is 28.5 Å². The van der Waals surface area contributed by atoms with Crippen LogP contribution in [0.4, 0.5) is 0 Å². The van der Waals surface area contributed by atoms with Crippen LogP contribution >= 0.6 is 23.2 Å². The molecule has 0 fully saturated rings. The third-order valence-corrected chi connectivity index (χ3v) is 4.96. The monoisotopic (exact) mass is 371 g/mol. The summed E-state index contributed by atoms with van der Waals surface area (Å²) in [5.41, 5.74) is 3.91. The van der Waals surface area contributed by atoms with Crippen molar-refractivity contribution < 1.29 is 4.74 Å². The second-order valence-corrected chi connectivity index (χ2v) is 6.58. The molecular formula is C19H15Cl2N3O. The number of hydrogen-bond donors (Lipinski definition) is 0. The summed E-state index contributed by atoms with van der Waals surface area (Å²) in [7, 11) is 3.66. The lowest BCUT2D eigenvalue weighted by molar-refractivity contribution is 0.415. The molecule has 0 bridgehead atoms. The highest BCUT2D eigenvalue weighted by Crippen LogP contribution is 2.30. The lowest BCUT2D eigenvalue weighted by atomic mass is 10.1. The van der Waals surface area contributed by atoms with Gasteiger partial charge in [-0.3, -0.25) is 4.40 Å². The number of imidazole rings is 2. The van der Waals surface area contributed by atoms with Gasteiger partial charge in [-0.05, 0) is 24.3 Å². The lowest BCUT2D eigenvalue weighted by Crippen LogP contribution is -1.93. The third kappa shape index (κ3) is 2.77. The molecular weight excluding hydrogens is 357 g/mol. The van der Waals surface area contributed by atoms with Crippen LogP contribution in [0, 0.1) is 0 Å². The minimum absolute atomic E-state index is 0.522. The number of methoxy groups -OCH3 is 1. The first-order valence-corrected chi connectivity index (χ1v) is 8.46. The predicted molar refractivity (Wildman–Crippen MR) is 102 cm³/mol. The van der Waals surface area contributed by atoms with Crippen molar-refractivity contribution in [2.24, 2.45) is 7.05 Å². The number of halogens is 2. The molecule has 0 atom stereocenters. The molecule has 2 aromatic heterocycles.